The minimum atomic E-state index is -0.195. The predicted octanol–water partition coefficient (Wildman–Crippen LogP) is 2.33. The van der Waals surface area contributed by atoms with Gasteiger partial charge in [-0.25, -0.2) is 19.0 Å². The van der Waals surface area contributed by atoms with Gasteiger partial charge in [0.25, 0.3) is 0 Å². The summed E-state index contributed by atoms with van der Waals surface area (Å²) in [6.45, 7) is 6.69. The first-order valence-electron chi connectivity index (χ1n) is 8.93. The first-order chi connectivity index (χ1) is 13.0. The summed E-state index contributed by atoms with van der Waals surface area (Å²) >= 11 is 0. The van der Waals surface area contributed by atoms with Crippen LogP contribution in [0.1, 0.15) is 11.4 Å². The molecule has 2 N–H and O–H groups in total. The molecule has 0 radical (unpaired) electrons. The van der Waals surface area contributed by atoms with Crippen LogP contribution in [0.3, 0.4) is 0 Å². The Balaban J connectivity index is 1.56. The van der Waals surface area contributed by atoms with Gasteiger partial charge in [-0.2, -0.15) is 5.10 Å². The summed E-state index contributed by atoms with van der Waals surface area (Å²) in [6.07, 6.45) is 1.51. The van der Waals surface area contributed by atoms with E-state index >= 15 is 0 Å². The monoisotopic (exact) mass is 367 g/mol. The molecule has 1 aromatic carbocycles. The Kier molecular flexibility index (Phi) is 4.39. The summed E-state index contributed by atoms with van der Waals surface area (Å²) < 4.78 is 15.8. The Labute approximate surface area is 157 Å². The Hall–Kier alpha value is -3.16. The van der Waals surface area contributed by atoms with Gasteiger partial charge in [0, 0.05) is 31.9 Å². The number of para-hydroxylation sites is 1. The molecule has 4 rings (SSSR count). The molecule has 1 saturated heterocycles. The maximum atomic E-state index is 14.0. The van der Waals surface area contributed by atoms with E-state index in [0.717, 1.165) is 11.4 Å². The van der Waals surface area contributed by atoms with Gasteiger partial charge in [-0.3, -0.25) is 0 Å². The maximum absolute atomic E-state index is 14.0. The van der Waals surface area contributed by atoms with Gasteiger partial charge in [0.1, 0.15) is 17.8 Å². The van der Waals surface area contributed by atoms with Crippen LogP contribution in [0.5, 0.6) is 0 Å². The normalized spacial score (nSPS) is 14.6. The number of nitrogens with two attached hydrogens (primary N) is 1. The number of rotatable bonds is 3. The van der Waals surface area contributed by atoms with Crippen LogP contribution < -0.4 is 15.5 Å². The zero-order valence-corrected chi connectivity index (χ0v) is 15.4. The van der Waals surface area contributed by atoms with Gasteiger partial charge < -0.3 is 15.5 Å². The van der Waals surface area contributed by atoms with Crippen molar-refractivity contribution in [1.82, 2.24) is 19.7 Å². The van der Waals surface area contributed by atoms with Gasteiger partial charge in [-0.05, 0) is 32.0 Å². The van der Waals surface area contributed by atoms with E-state index in [9.17, 15) is 4.39 Å². The summed E-state index contributed by atoms with van der Waals surface area (Å²) in [6, 6.07) is 8.84. The molecule has 2 aromatic heterocycles. The number of aromatic nitrogens is 4. The van der Waals surface area contributed by atoms with Crippen LogP contribution in [-0.2, 0) is 0 Å². The lowest BCUT2D eigenvalue weighted by Crippen LogP contribution is -2.47. The highest BCUT2D eigenvalue weighted by Gasteiger charge is 2.23. The fourth-order valence-electron chi connectivity index (χ4n) is 3.51. The topological polar surface area (TPSA) is 76.1 Å². The largest absolute Gasteiger partial charge is 0.393 e. The van der Waals surface area contributed by atoms with Crippen LogP contribution in [0, 0.1) is 19.7 Å². The Morgan fingerprint density at radius 3 is 2.30 bits per heavy atom. The summed E-state index contributed by atoms with van der Waals surface area (Å²) in [5.41, 5.74) is 9.41. The molecular weight excluding hydrogens is 345 g/mol. The lowest BCUT2D eigenvalue weighted by Gasteiger charge is -2.37. The number of nitrogens with zero attached hydrogens (tertiary/aromatic N) is 6. The molecule has 27 heavy (non-hydrogen) atoms. The zero-order chi connectivity index (χ0) is 19.0. The van der Waals surface area contributed by atoms with Crippen LogP contribution in [0.25, 0.3) is 5.82 Å². The zero-order valence-electron chi connectivity index (χ0n) is 15.4. The van der Waals surface area contributed by atoms with E-state index in [0.29, 0.717) is 49.2 Å². The van der Waals surface area contributed by atoms with Crippen molar-refractivity contribution in [2.75, 3.05) is 41.7 Å². The lowest BCUT2D eigenvalue weighted by molar-refractivity contribution is 0.596. The fourth-order valence-corrected chi connectivity index (χ4v) is 3.51. The first-order valence-corrected chi connectivity index (χ1v) is 8.93. The molecule has 7 nitrogen and oxygen atoms in total. The van der Waals surface area contributed by atoms with Crippen LogP contribution in [0.2, 0.25) is 0 Å². The van der Waals surface area contributed by atoms with E-state index in [1.807, 2.05) is 36.9 Å². The van der Waals surface area contributed by atoms with E-state index in [2.05, 4.69) is 20.0 Å². The second kappa shape index (κ2) is 6.86. The van der Waals surface area contributed by atoms with Crippen molar-refractivity contribution in [3.8, 4) is 5.82 Å². The van der Waals surface area contributed by atoms with Crippen molar-refractivity contribution in [2.45, 2.75) is 13.8 Å². The van der Waals surface area contributed by atoms with Gasteiger partial charge in [-0.15, -0.1) is 0 Å². The standard InChI is InChI=1S/C19H22FN7/c1-13-11-14(2)27(24-13)19-17(21)18(22-12-23-19)26-9-7-25(8-10-26)16-6-4-3-5-15(16)20/h3-6,11-12H,7-10,21H2,1-2H3. The number of nitrogen functional groups attached to an aromatic ring is 1. The summed E-state index contributed by atoms with van der Waals surface area (Å²) in [7, 11) is 0. The third kappa shape index (κ3) is 3.18. The van der Waals surface area contributed by atoms with Crippen LogP contribution in [0.15, 0.2) is 36.7 Å². The number of halogens is 1. The smallest absolute Gasteiger partial charge is 0.182 e. The number of anilines is 3. The first kappa shape index (κ1) is 17.3. The highest BCUT2D eigenvalue weighted by molar-refractivity contribution is 5.70. The van der Waals surface area contributed by atoms with Crippen molar-refractivity contribution in [3.05, 3.63) is 53.9 Å². The van der Waals surface area contributed by atoms with Crippen molar-refractivity contribution in [2.24, 2.45) is 0 Å². The third-order valence-corrected chi connectivity index (χ3v) is 4.82. The molecule has 0 amide bonds. The van der Waals surface area contributed by atoms with Gasteiger partial charge in [0.2, 0.25) is 0 Å². The lowest BCUT2D eigenvalue weighted by atomic mass is 10.2. The average Bonchev–Trinajstić information content (AvgIpc) is 3.00. The minimum absolute atomic E-state index is 0.195. The third-order valence-electron chi connectivity index (χ3n) is 4.82. The molecule has 1 fully saturated rings. The summed E-state index contributed by atoms with van der Waals surface area (Å²) in [5, 5.41) is 4.47. The maximum Gasteiger partial charge on any atom is 0.182 e. The molecule has 0 bridgehead atoms. The van der Waals surface area contributed by atoms with Gasteiger partial charge >= 0.3 is 0 Å². The Morgan fingerprint density at radius 2 is 1.63 bits per heavy atom. The van der Waals surface area contributed by atoms with Gasteiger partial charge in [0.15, 0.2) is 11.6 Å². The van der Waals surface area contributed by atoms with E-state index < -0.39 is 0 Å². The Bertz CT molecular complexity index is 960. The molecule has 0 unspecified atom stereocenters. The number of aryl methyl sites for hydroxylation is 2. The van der Waals surface area contributed by atoms with Gasteiger partial charge in [0.05, 0.1) is 11.4 Å². The SMILES string of the molecule is Cc1cc(C)n(-c2ncnc(N3CCN(c4ccccc4F)CC3)c2N)n1. The molecule has 0 atom stereocenters. The fraction of sp³-hybridized carbons (Fsp3) is 0.316. The van der Waals surface area contributed by atoms with Crippen LogP contribution in [0.4, 0.5) is 21.6 Å². The summed E-state index contributed by atoms with van der Waals surface area (Å²) in [5.74, 6) is 1.09. The van der Waals surface area contributed by atoms with Crippen LogP contribution >= 0.6 is 0 Å². The van der Waals surface area contributed by atoms with E-state index in [-0.39, 0.29) is 5.82 Å². The highest BCUT2D eigenvalue weighted by atomic mass is 19.1. The predicted molar refractivity (Wildman–Crippen MR) is 104 cm³/mol. The van der Waals surface area contributed by atoms with Crippen molar-refractivity contribution >= 4 is 17.2 Å². The second-order valence-electron chi connectivity index (χ2n) is 6.70. The van der Waals surface area contributed by atoms with E-state index in [1.54, 1.807) is 10.7 Å². The minimum Gasteiger partial charge on any atom is -0.393 e. The van der Waals surface area contributed by atoms with Gasteiger partial charge in [-0.1, -0.05) is 12.1 Å². The van der Waals surface area contributed by atoms with E-state index in [4.69, 9.17) is 5.73 Å². The average molecular weight is 367 g/mol. The van der Waals surface area contributed by atoms with Crippen molar-refractivity contribution in [1.29, 1.82) is 0 Å². The molecule has 3 aromatic rings. The van der Waals surface area contributed by atoms with Crippen molar-refractivity contribution < 1.29 is 4.39 Å². The molecule has 8 heteroatoms. The molecular formula is C19H22FN7. The molecule has 3 heterocycles. The number of hydrogen-bond donors (Lipinski definition) is 1. The molecule has 0 saturated carbocycles. The molecule has 1 aliphatic rings. The van der Waals surface area contributed by atoms with Crippen molar-refractivity contribution in [3.63, 3.8) is 0 Å². The number of piperazine rings is 1. The summed E-state index contributed by atoms with van der Waals surface area (Å²) in [4.78, 5) is 12.9. The van der Waals surface area contributed by atoms with Crippen LogP contribution in [-0.4, -0.2) is 45.9 Å². The molecule has 1 aliphatic heterocycles. The number of hydrogen-bond acceptors (Lipinski definition) is 6. The molecule has 0 aliphatic carbocycles. The highest BCUT2D eigenvalue weighted by Crippen LogP contribution is 2.28. The van der Waals surface area contributed by atoms with E-state index in [1.165, 1.54) is 12.4 Å². The second-order valence-corrected chi connectivity index (χ2v) is 6.70. The molecule has 0 spiro atoms. The quantitative estimate of drug-likeness (QED) is 0.766. The molecule has 140 valence electrons. The number of benzene rings is 1. The Morgan fingerprint density at radius 1 is 0.963 bits per heavy atom.